The van der Waals surface area contributed by atoms with Gasteiger partial charge in [-0.3, -0.25) is 10.2 Å². The second-order valence-electron chi connectivity index (χ2n) is 4.60. The topological polar surface area (TPSA) is 114 Å². The number of nitrogens with one attached hydrogen (secondary N) is 2. The summed E-state index contributed by atoms with van der Waals surface area (Å²) in [5.41, 5.74) is 8.76. The smallest absolute Gasteiger partial charge is 0.221 e. The Kier molecular flexibility index (Phi) is 6.44. The largest absolute Gasteiger partial charge is 0.375 e. The second-order valence-corrected chi connectivity index (χ2v) is 7.15. The Morgan fingerprint density at radius 2 is 1.86 bits per heavy atom. The summed E-state index contributed by atoms with van der Waals surface area (Å²) >= 11 is 4.60. The average molecular weight is 342 g/mol. The molecule has 1 aromatic rings. The summed E-state index contributed by atoms with van der Waals surface area (Å²) in [7, 11) is -3.42. The van der Waals surface area contributed by atoms with Gasteiger partial charge in [0.1, 0.15) is 0 Å². The second kappa shape index (κ2) is 7.85. The van der Waals surface area contributed by atoms with Crippen molar-refractivity contribution in [3.63, 3.8) is 0 Å². The molecule has 0 aliphatic carbocycles. The van der Waals surface area contributed by atoms with Crippen LogP contribution in [-0.4, -0.2) is 30.9 Å². The van der Waals surface area contributed by atoms with Crippen LogP contribution in [0.1, 0.15) is 20.3 Å². The van der Waals surface area contributed by atoms with Gasteiger partial charge in [-0.2, -0.15) is 5.10 Å². The van der Waals surface area contributed by atoms with Crippen molar-refractivity contribution in [2.75, 3.05) is 11.1 Å². The fourth-order valence-corrected chi connectivity index (χ4v) is 2.95. The van der Waals surface area contributed by atoms with Gasteiger partial charge >= 0.3 is 0 Å². The Morgan fingerprint density at radius 1 is 1.27 bits per heavy atom. The van der Waals surface area contributed by atoms with E-state index in [4.69, 9.17) is 5.73 Å². The zero-order chi connectivity index (χ0) is 16.8. The van der Waals surface area contributed by atoms with Crippen LogP contribution in [0.25, 0.3) is 0 Å². The molecule has 0 unspecified atom stereocenters. The van der Waals surface area contributed by atoms with Crippen molar-refractivity contribution < 1.29 is 13.2 Å². The van der Waals surface area contributed by atoms with E-state index in [1.54, 1.807) is 19.1 Å². The molecule has 0 heterocycles. The average Bonchev–Trinajstić information content (AvgIpc) is 2.43. The number of nitrogens with zero attached hydrogens (tertiary/aromatic N) is 1. The quantitative estimate of drug-likeness (QED) is 0.404. The fraction of sp³-hybridized carbons (Fsp3) is 0.308. The van der Waals surface area contributed by atoms with Crippen molar-refractivity contribution in [2.24, 2.45) is 10.8 Å². The van der Waals surface area contributed by atoms with Gasteiger partial charge in [0.25, 0.3) is 0 Å². The van der Waals surface area contributed by atoms with Crippen molar-refractivity contribution in [1.29, 1.82) is 0 Å². The van der Waals surface area contributed by atoms with E-state index in [0.717, 1.165) is 0 Å². The number of hydrogen-bond donors (Lipinski definition) is 3. The molecule has 1 rings (SSSR count). The van der Waals surface area contributed by atoms with E-state index in [1.807, 2.05) is 0 Å². The van der Waals surface area contributed by atoms with E-state index >= 15 is 0 Å². The van der Waals surface area contributed by atoms with Gasteiger partial charge in [-0.15, -0.1) is 0 Å². The van der Waals surface area contributed by atoms with Gasteiger partial charge in [0.15, 0.2) is 14.9 Å². The van der Waals surface area contributed by atoms with Crippen LogP contribution in [0.3, 0.4) is 0 Å². The monoisotopic (exact) mass is 342 g/mol. The molecule has 0 fully saturated rings. The number of carbonyl (C=O) groups excluding carboxylic acids is 1. The van der Waals surface area contributed by atoms with Crippen molar-refractivity contribution in [1.82, 2.24) is 5.43 Å². The maximum atomic E-state index is 12.2. The van der Waals surface area contributed by atoms with Gasteiger partial charge in [0, 0.05) is 24.7 Å². The Balaban J connectivity index is 2.72. The van der Waals surface area contributed by atoms with E-state index in [0.29, 0.717) is 11.4 Å². The normalized spacial score (nSPS) is 11.8. The molecule has 0 aromatic heterocycles. The van der Waals surface area contributed by atoms with Gasteiger partial charge in [-0.05, 0) is 43.4 Å². The van der Waals surface area contributed by atoms with Crippen molar-refractivity contribution >= 4 is 44.5 Å². The summed E-state index contributed by atoms with van der Waals surface area (Å²) in [5, 5.41) is 6.46. The minimum Gasteiger partial charge on any atom is -0.375 e. The van der Waals surface area contributed by atoms with Crippen LogP contribution in [0.4, 0.5) is 5.69 Å². The Labute approximate surface area is 134 Å². The summed E-state index contributed by atoms with van der Waals surface area (Å²) < 4.78 is 24.4. The zero-order valence-electron chi connectivity index (χ0n) is 12.3. The van der Waals surface area contributed by atoms with Gasteiger partial charge < -0.3 is 11.1 Å². The summed E-state index contributed by atoms with van der Waals surface area (Å²) in [4.78, 5) is 11.1. The lowest BCUT2D eigenvalue weighted by Gasteiger charge is -2.06. The van der Waals surface area contributed by atoms with Crippen LogP contribution in [0.15, 0.2) is 34.3 Å². The number of anilines is 1. The number of amides is 1. The van der Waals surface area contributed by atoms with Gasteiger partial charge in [0.2, 0.25) is 5.91 Å². The lowest BCUT2D eigenvalue weighted by atomic mass is 10.3. The number of carbonyl (C=O) groups is 1. The summed E-state index contributed by atoms with van der Waals surface area (Å²) in [5.74, 6) is -0.298. The number of benzene rings is 1. The lowest BCUT2D eigenvalue weighted by Crippen LogP contribution is -2.25. The summed E-state index contributed by atoms with van der Waals surface area (Å²) in [6, 6.07) is 6.01. The predicted octanol–water partition coefficient (Wildman–Crippen LogP) is 1.02. The zero-order valence-corrected chi connectivity index (χ0v) is 13.9. The third kappa shape index (κ3) is 6.19. The third-order valence-corrected chi connectivity index (χ3v) is 4.45. The maximum absolute atomic E-state index is 12.2. The highest BCUT2D eigenvalue weighted by Gasteiger charge is 2.14. The standard InChI is InChI=1S/C13H18N4O3S2/c1-9(16-17-13(14)21)7-8-22(19,20)12-5-3-11(4-6-12)15-10(2)18/h3-6H,7-8H2,1-2H3,(H,15,18)(H3,14,17,21)/b16-9-. The predicted molar refractivity (Wildman–Crippen MR) is 90.4 cm³/mol. The molecular formula is C13H18N4O3S2. The molecule has 22 heavy (non-hydrogen) atoms. The highest BCUT2D eigenvalue weighted by Crippen LogP contribution is 2.16. The van der Waals surface area contributed by atoms with Gasteiger partial charge in [0.05, 0.1) is 10.6 Å². The Bertz CT molecular complexity index is 682. The van der Waals surface area contributed by atoms with E-state index < -0.39 is 9.84 Å². The van der Waals surface area contributed by atoms with Crippen LogP contribution >= 0.6 is 12.2 Å². The Hall–Kier alpha value is -2.00. The minimum absolute atomic E-state index is 0.0239. The van der Waals surface area contributed by atoms with E-state index in [9.17, 15) is 13.2 Å². The van der Waals surface area contributed by atoms with E-state index in [1.165, 1.54) is 19.1 Å². The van der Waals surface area contributed by atoms with Crippen LogP contribution in [-0.2, 0) is 14.6 Å². The van der Waals surface area contributed by atoms with Gasteiger partial charge in [-0.25, -0.2) is 8.42 Å². The van der Waals surface area contributed by atoms with Crippen molar-refractivity contribution in [3.8, 4) is 0 Å². The highest BCUT2D eigenvalue weighted by atomic mass is 32.2. The highest BCUT2D eigenvalue weighted by molar-refractivity contribution is 7.91. The molecule has 0 saturated carbocycles. The number of nitrogens with two attached hydrogens (primary N) is 1. The molecule has 0 aliphatic rings. The number of hydrazone groups is 1. The fourth-order valence-electron chi connectivity index (χ4n) is 1.56. The molecule has 120 valence electrons. The molecular weight excluding hydrogens is 324 g/mol. The van der Waals surface area contributed by atoms with Gasteiger partial charge in [-0.1, -0.05) is 0 Å². The summed E-state index contributed by atoms with van der Waals surface area (Å²) in [6.45, 7) is 3.06. The Morgan fingerprint density at radius 3 is 2.36 bits per heavy atom. The lowest BCUT2D eigenvalue weighted by molar-refractivity contribution is -0.114. The minimum atomic E-state index is -3.42. The van der Waals surface area contributed by atoms with Crippen LogP contribution in [0, 0.1) is 0 Å². The SMILES string of the molecule is CC(=O)Nc1ccc(S(=O)(=O)CC/C(C)=N\NC(N)=S)cc1. The first kappa shape index (κ1) is 18.1. The van der Waals surface area contributed by atoms with Crippen molar-refractivity contribution in [2.45, 2.75) is 25.2 Å². The molecule has 0 saturated heterocycles. The molecule has 4 N–H and O–H groups in total. The first-order valence-electron chi connectivity index (χ1n) is 6.40. The number of rotatable bonds is 6. The number of hydrogen-bond acceptors (Lipinski definition) is 5. The molecule has 0 atom stereocenters. The molecule has 1 aromatic carbocycles. The molecule has 0 bridgehead atoms. The first-order valence-corrected chi connectivity index (χ1v) is 8.46. The van der Waals surface area contributed by atoms with Crippen LogP contribution in [0.2, 0.25) is 0 Å². The first-order chi connectivity index (χ1) is 10.2. The molecule has 0 spiro atoms. The maximum Gasteiger partial charge on any atom is 0.221 e. The number of sulfone groups is 1. The molecule has 9 heteroatoms. The van der Waals surface area contributed by atoms with Crippen LogP contribution < -0.4 is 16.5 Å². The summed E-state index contributed by atoms with van der Waals surface area (Å²) in [6.07, 6.45) is 0.255. The molecule has 0 aliphatic heterocycles. The van der Waals surface area contributed by atoms with E-state index in [2.05, 4.69) is 28.1 Å². The third-order valence-electron chi connectivity index (χ3n) is 2.62. The van der Waals surface area contributed by atoms with Crippen molar-refractivity contribution in [3.05, 3.63) is 24.3 Å². The van der Waals surface area contributed by atoms with Crippen LogP contribution in [0.5, 0.6) is 0 Å². The molecule has 1 amide bonds. The molecule has 0 radical (unpaired) electrons. The molecule has 7 nitrogen and oxygen atoms in total. The van der Waals surface area contributed by atoms with E-state index in [-0.39, 0.29) is 28.1 Å². The number of thiocarbonyl (C=S) groups is 1.